The van der Waals surface area contributed by atoms with E-state index in [-0.39, 0.29) is 11.5 Å². The average Bonchev–Trinajstić information content (AvgIpc) is 2.15. The van der Waals surface area contributed by atoms with Crippen LogP contribution in [-0.2, 0) is 20.9 Å². The standard InChI is InChI=1S/C12H26O4S2/c1-11(2)7-5-9-18(15,16)10-6-8-12(3,4)17(13)14/h11H,5-10H2,1-4H3,(H,13,14). The molecule has 0 radical (unpaired) electrons. The summed E-state index contributed by atoms with van der Waals surface area (Å²) >= 11 is -1.91. The van der Waals surface area contributed by atoms with Crippen molar-refractivity contribution < 1.29 is 17.2 Å². The van der Waals surface area contributed by atoms with Crippen molar-refractivity contribution in [3.63, 3.8) is 0 Å². The quantitative estimate of drug-likeness (QED) is 0.664. The van der Waals surface area contributed by atoms with Gasteiger partial charge in [0.15, 0.2) is 11.1 Å². The van der Waals surface area contributed by atoms with E-state index in [1.165, 1.54) is 0 Å². The van der Waals surface area contributed by atoms with Gasteiger partial charge < -0.3 is 4.55 Å². The molecule has 1 unspecified atom stereocenters. The van der Waals surface area contributed by atoms with Gasteiger partial charge in [0.05, 0.1) is 16.3 Å². The predicted molar refractivity (Wildman–Crippen MR) is 76.8 cm³/mol. The van der Waals surface area contributed by atoms with E-state index in [0.717, 1.165) is 6.42 Å². The van der Waals surface area contributed by atoms with Gasteiger partial charge in [-0.1, -0.05) is 20.3 Å². The molecule has 1 atom stereocenters. The molecular formula is C12H26O4S2. The Balaban J connectivity index is 4.02. The van der Waals surface area contributed by atoms with Crippen LogP contribution < -0.4 is 0 Å². The molecule has 0 aromatic heterocycles. The Morgan fingerprint density at radius 1 is 1.17 bits per heavy atom. The number of sulfone groups is 1. The molecule has 0 saturated heterocycles. The lowest BCUT2D eigenvalue weighted by molar-refractivity contribution is 0.496. The summed E-state index contributed by atoms with van der Waals surface area (Å²) in [5.74, 6) is 0.871. The van der Waals surface area contributed by atoms with Gasteiger partial charge in [-0.15, -0.1) is 0 Å². The first-order valence-corrected chi connectivity index (χ1v) is 9.31. The zero-order valence-electron chi connectivity index (χ0n) is 11.8. The van der Waals surface area contributed by atoms with E-state index < -0.39 is 25.7 Å². The fraction of sp³-hybridized carbons (Fsp3) is 1.00. The van der Waals surface area contributed by atoms with Crippen LogP contribution in [0.5, 0.6) is 0 Å². The zero-order valence-corrected chi connectivity index (χ0v) is 13.4. The van der Waals surface area contributed by atoms with Crippen LogP contribution in [0.3, 0.4) is 0 Å². The molecule has 4 nitrogen and oxygen atoms in total. The lowest BCUT2D eigenvalue weighted by atomic mass is 10.1. The van der Waals surface area contributed by atoms with Crippen LogP contribution in [0.25, 0.3) is 0 Å². The fourth-order valence-corrected chi connectivity index (χ4v) is 3.33. The van der Waals surface area contributed by atoms with Crippen LogP contribution in [0.2, 0.25) is 0 Å². The second-order valence-electron chi connectivity index (χ2n) is 5.80. The Kier molecular flexibility index (Phi) is 7.63. The van der Waals surface area contributed by atoms with Crippen molar-refractivity contribution in [2.75, 3.05) is 11.5 Å². The van der Waals surface area contributed by atoms with Crippen molar-refractivity contribution in [1.82, 2.24) is 0 Å². The van der Waals surface area contributed by atoms with Gasteiger partial charge >= 0.3 is 0 Å². The first-order valence-electron chi connectivity index (χ1n) is 6.38. The first kappa shape index (κ1) is 18.1. The largest absolute Gasteiger partial charge is 0.306 e. The molecule has 110 valence electrons. The summed E-state index contributed by atoms with van der Waals surface area (Å²) in [4.78, 5) is 0. The second-order valence-corrected chi connectivity index (χ2v) is 9.71. The maximum Gasteiger partial charge on any atom is 0.158 e. The summed E-state index contributed by atoms with van der Waals surface area (Å²) < 4.78 is 42.8. The minimum Gasteiger partial charge on any atom is -0.306 e. The van der Waals surface area contributed by atoms with Crippen molar-refractivity contribution in [2.24, 2.45) is 5.92 Å². The highest BCUT2D eigenvalue weighted by molar-refractivity contribution is 7.91. The molecule has 0 heterocycles. The van der Waals surface area contributed by atoms with Gasteiger partial charge in [0.2, 0.25) is 0 Å². The Morgan fingerprint density at radius 3 is 2.11 bits per heavy atom. The van der Waals surface area contributed by atoms with Crippen LogP contribution in [-0.4, -0.2) is 33.4 Å². The Morgan fingerprint density at radius 2 is 1.67 bits per heavy atom. The third-order valence-electron chi connectivity index (χ3n) is 2.94. The van der Waals surface area contributed by atoms with Crippen LogP contribution in [0, 0.1) is 5.92 Å². The Labute approximate surface area is 114 Å². The lowest BCUT2D eigenvalue weighted by Crippen LogP contribution is -2.27. The van der Waals surface area contributed by atoms with Crippen molar-refractivity contribution in [1.29, 1.82) is 0 Å². The van der Waals surface area contributed by atoms with Crippen LogP contribution >= 0.6 is 0 Å². The van der Waals surface area contributed by atoms with Gasteiger partial charge in [-0.2, -0.15) is 0 Å². The maximum atomic E-state index is 11.7. The van der Waals surface area contributed by atoms with Crippen LogP contribution in [0.1, 0.15) is 53.4 Å². The molecule has 0 fully saturated rings. The summed E-state index contributed by atoms with van der Waals surface area (Å²) in [6.45, 7) is 7.50. The first-order chi connectivity index (χ1) is 8.07. The van der Waals surface area contributed by atoms with Gasteiger partial charge in [-0.05, 0) is 39.0 Å². The minimum absolute atomic E-state index is 0.117. The number of hydrogen-bond donors (Lipinski definition) is 1. The average molecular weight is 298 g/mol. The summed E-state index contributed by atoms with van der Waals surface area (Å²) in [5, 5.41) is 0. The third kappa shape index (κ3) is 8.21. The van der Waals surface area contributed by atoms with E-state index in [9.17, 15) is 12.6 Å². The normalized spacial score (nSPS) is 15.0. The molecule has 6 heteroatoms. The van der Waals surface area contributed by atoms with E-state index >= 15 is 0 Å². The zero-order chi connectivity index (χ0) is 14.4. The highest BCUT2D eigenvalue weighted by Gasteiger charge is 2.25. The summed E-state index contributed by atoms with van der Waals surface area (Å²) in [6.07, 6.45) is 2.52. The Bertz CT molecular complexity index is 358. The van der Waals surface area contributed by atoms with Crippen molar-refractivity contribution >= 4 is 20.9 Å². The van der Waals surface area contributed by atoms with Gasteiger partial charge in [0, 0.05) is 0 Å². The van der Waals surface area contributed by atoms with E-state index in [1.807, 2.05) is 0 Å². The molecule has 0 aliphatic rings. The molecular weight excluding hydrogens is 272 g/mol. The van der Waals surface area contributed by atoms with E-state index in [1.54, 1.807) is 13.8 Å². The molecule has 0 spiro atoms. The van der Waals surface area contributed by atoms with Crippen molar-refractivity contribution in [3.8, 4) is 0 Å². The fourth-order valence-electron chi connectivity index (χ4n) is 1.62. The summed E-state index contributed by atoms with van der Waals surface area (Å²) in [6, 6.07) is 0. The molecule has 0 aromatic carbocycles. The summed E-state index contributed by atoms with van der Waals surface area (Å²) in [7, 11) is -3.01. The smallest absolute Gasteiger partial charge is 0.158 e. The number of rotatable bonds is 9. The van der Waals surface area contributed by atoms with E-state index in [0.29, 0.717) is 25.2 Å². The monoisotopic (exact) mass is 298 g/mol. The predicted octanol–water partition coefficient (Wildman–Crippen LogP) is 2.62. The minimum atomic E-state index is -3.01. The Hall–Kier alpha value is 0.0600. The van der Waals surface area contributed by atoms with Gasteiger partial charge in [0.1, 0.15) is 9.84 Å². The van der Waals surface area contributed by atoms with Crippen molar-refractivity contribution in [3.05, 3.63) is 0 Å². The molecule has 0 saturated carbocycles. The summed E-state index contributed by atoms with van der Waals surface area (Å²) in [5.41, 5.74) is 0. The molecule has 0 bridgehead atoms. The van der Waals surface area contributed by atoms with Crippen molar-refractivity contribution in [2.45, 2.75) is 58.1 Å². The molecule has 0 amide bonds. The van der Waals surface area contributed by atoms with E-state index in [2.05, 4.69) is 13.8 Å². The SMILES string of the molecule is CC(C)CCCS(=O)(=O)CCCC(C)(C)S(=O)O. The highest BCUT2D eigenvalue weighted by atomic mass is 32.2. The highest BCUT2D eigenvalue weighted by Crippen LogP contribution is 2.19. The molecule has 0 aromatic rings. The van der Waals surface area contributed by atoms with Gasteiger partial charge in [-0.25, -0.2) is 12.6 Å². The van der Waals surface area contributed by atoms with Crippen LogP contribution in [0.4, 0.5) is 0 Å². The third-order valence-corrected chi connectivity index (χ3v) is 5.91. The topological polar surface area (TPSA) is 71.4 Å². The number of hydrogen-bond acceptors (Lipinski definition) is 3. The van der Waals surface area contributed by atoms with Gasteiger partial charge in [-0.3, -0.25) is 0 Å². The van der Waals surface area contributed by atoms with E-state index in [4.69, 9.17) is 4.55 Å². The molecule has 1 N–H and O–H groups in total. The maximum absolute atomic E-state index is 11.7. The van der Waals surface area contributed by atoms with Gasteiger partial charge in [0.25, 0.3) is 0 Å². The lowest BCUT2D eigenvalue weighted by Gasteiger charge is -2.19. The molecule has 0 aliphatic carbocycles. The molecule has 0 rings (SSSR count). The second kappa shape index (κ2) is 7.60. The molecule has 18 heavy (non-hydrogen) atoms. The van der Waals surface area contributed by atoms with Crippen LogP contribution in [0.15, 0.2) is 0 Å². The molecule has 0 aliphatic heterocycles.